The number of benzene rings is 1. The van der Waals surface area contributed by atoms with Crippen LogP contribution in [0, 0.1) is 0 Å². The van der Waals surface area contributed by atoms with E-state index in [0.29, 0.717) is 0 Å². The lowest BCUT2D eigenvalue weighted by atomic mass is 10.1. The Morgan fingerprint density at radius 1 is 1.33 bits per heavy atom. The van der Waals surface area contributed by atoms with Gasteiger partial charge >= 0.3 is 5.97 Å². The first-order chi connectivity index (χ1) is 8.56. The van der Waals surface area contributed by atoms with Crippen LogP contribution in [-0.2, 0) is 0 Å². The minimum Gasteiger partial charge on any atom is -0.478 e. The Hall–Kier alpha value is -1.49. The standard InChI is InChI=1S/C13H17NO3S/c1-9(7-8-18-2)14-12(15)10-5-3-4-6-11(10)13(16)17/h3-6,9H,7-8H2,1-2H3,(H,14,15)(H,16,17). The Morgan fingerprint density at radius 3 is 2.50 bits per heavy atom. The van der Waals surface area contributed by atoms with Crippen LogP contribution in [0.5, 0.6) is 0 Å². The molecule has 0 heterocycles. The van der Waals surface area contributed by atoms with Gasteiger partial charge in [-0.15, -0.1) is 0 Å². The number of rotatable bonds is 6. The average Bonchev–Trinajstić information content (AvgIpc) is 2.36. The van der Waals surface area contributed by atoms with Crippen molar-refractivity contribution in [3.8, 4) is 0 Å². The summed E-state index contributed by atoms with van der Waals surface area (Å²) >= 11 is 1.72. The van der Waals surface area contributed by atoms with Crippen molar-refractivity contribution in [2.45, 2.75) is 19.4 Å². The highest BCUT2D eigenvalue weighted by Crippen LogP contribution is 2.09. The smallest absolute Gasteiger partial charge is 0.336 e. The zero-order valence-electron chi connectivity index (χ0n) is 10.5. The zero-order valence-corrected chi connectivity index (χ0v) is 11.3. The molecule has 0 aromatic heterocycles. The Morgan fingerprint density at radius 2 is 1.94 bits per heavy atom. The number of carbonyl (C=O) groups excluding carboxylic acids is 1. The maximum absolute atomic E-state index is 12.0. The monoisotopic (exact) mass is 267 g/mol. The van der Waals surface area contributed by atoms with E-state index in [2.05, 4.69) is 5.32 Å². The summed E-state index contributed by atoms with van der Waals surface area (Å²) in [6.45, 7) is 1.91. The summed E-state index contributed by atoms with van der Waals surface area (Å²) in [5.41, 5.74) is 0.244. The van der Waals surface area contributed by atoms with E-state index in [1.54, 1.807) is 23.9 Å². The van der Waals surface area contributed by atoms with Crippen LogP contribution in [0.15, 0.2) is 24.3 Å². The Labute approximate surface area is 111 Å². The molecule has 1 unspecified atom stereocenters. The van der Waals surface area contributed by atoms with Crippen LogP contribution in [-0.4, -0.2) is 35.0 Å². The molecule has 1 rings (SSSR count). The van der Waals surface area contributed by atoms with Gasteiger partial charge in [-0.2, -0.15) is 11.8 Å². The van der Waals surface area contributed by atoms with Crippen molar-refractivity contribution >= 4 is 23.6 Å². The van der Waals surface area contributed by atoms with E-state index in [0.717, 1.165) is 12.2 Å². The summed E-state index contributed by atoms with van der Waals surface area (Å²) < 4.78 is 0. The second-order valence-corrected chi connectivity index (χ2v) is 4.99. The predicted octanol–water partition coefficient (Wildman–Crippen LogP) is 2.26. The van der Waals surface area contributed by atoms with Gasteiger partial charge < -0.3 is 10.4 Å². The molecule has 0 aliphatic heterocycles. The summed E-state index contributed by atoms with van der Waals surface area (Å²) in [5.74, 6) is -0.457. The van der Waals surface area contributed by atoms with Crippen molar-refractivity contribution < 1.29 is 14.7 Å². The molecular formula is C13H17NO3S. The minimum atomic E-state index is -1.09. The van der Waals surface area contributed by atoms with Gasteiger partial charge in [-0.25, -0.2) is 4.79 Å². The topological polar surface area (TPSA) is 66.4 Å². The molecule has 0 aliphatic rings. The largest absolute Gasteiger partial charge is 0.478 e. The molecule has 5 heteroatoms. The molecular weight excluding hydrogens is 250 g/mol. The molecule has 0 fully saturated rings. The molecule has 1 amide bonds. The van der Waals surface area contributed by atoms with Crippen LogP contribution in [0.25, 0.3) is 0 Å². The maximum atomic E-state index is 12.0. The van der Waals surface area contributed by atoms with Crippen LogP contribution in [0.2, 0.25) is 0 Å². The molecule has 0 bridgehead atoms. The van der Waals surface area contributed by atoms with Gasteiger partial charge in [0.1, 0.15) is 0 Å². The van der Waals surface area contributed by atoms with E-state index < -0.39 is 5.97 Å². The molecule has 1 aromatic carbocycles. The SMILES string of the molecule is CSCCC(C)NC(=O)c1ccccc1C(=O)O. The third-order valence-corrected chi connectivity index (χ3v) is 3.18. The van der Waals surface area contributed by atoms with Crippen LogP contribution < -0.4 is 5.32 Å². The number of amides is 1. The van der Waals surface area contributed by atoms with Gasteiger partial charge in [0.05, 0.1) is 11.1 Å². The first-order valence-corrected chi connectivity index (χ1v) is 7.07. The maximum Gasteiger partial charge on any atom is 0.336 e. The number of carboxylic acid groups (broad SMARTS) is 1. The van der Waals surface area contributed by atoms with Gasteiger partial charge in [0.15, 0.2) is 0 Å². The van der Waals surface area contributed by atoms with E-state index >= 15 is 0 Å². The predicted molar refractivity (Wildman–Crippen MR) is 73.3 cm³/mol. The second kappa shape index (κ2) is 7.06. The van der Waals surface area contributed by atoms with Crippen molar-refractivity contribution in [3.05, 3.63) is 35.4 Å². The lowest BCUT2D eigenvalue weighted by molar-refractivity contribution is 0.0690. The Balaban J connectivity index is 2.75. The van der Waals surface area contributed by atoms with Crippen molar-refractivity contribution in [2.24, 2.45) is 0 Å². The number of carboxylic acids is 1. The number of carbonyl (C=O) groups is 2. The van der Waals surface area contributed by atoms with E-state index in [-0.39, 0.29) is 23.1 Å². The molecule has 0 spiro atoms. The third-order valence-electron chi connectivity index (χ3n) is 2.53. The molecule has 1 atom stereocenters. The molecule has 0 saturated carbocycles. The third kappa shape index (κ3) is 4.07. The molecule has 18 heavy (non-hydrogen) atoms. The van der Waals surface area contributed by atoms with Crippen molar-refractivity contribution in [1.29, 1.82) is 0 Å². The highest BCUT2D eigenvalue weighted by atomic mass is 32.2. The van der Waals surface area contributed by atoms with Crippen molar-refractivity contribution in [3.63, 3.8) is 0 Å². The first-order valence-electron chi connectivity index (χ1n) is 5.68. The van der Waals surface area contributed by atoms with Crippen LogP contribution in [0.3, 0.4) is 0 Å². The second-order valence-electron chi connectivity index (χ2n) is 4.01. The minimum absolute atomic E-state index is 0.0341. The highest BCUT2D eigenvalue weighted by Gasteiger charge is 2.16. The lowest BCUT2D eigenvalue weighted by Gasteiger charge is -2.14. The van der Waals surface area contributed by atoms with Crippen LogP contribution >= 0.6 is 11.8 Å². The van der Waals surface area contributed by atoms with Crippen LogP contribution in [0.4, 0.5) is 0 Å². The highest BCUT2D eigenvalue weighted by molar-refractivity contribution is 7.98. The number of hydrogen-bond acceptors (Lipinski definition) is 3. The Kier molecular flexibility index (Phi) is 5.71. The molecule has 0 saturated heterocycles. The van der Waals surface area contributed by atoms with Gasteiger partial charge in [0.25, 0.3) is 5.91 Å². The van der Waals surface area contributed by atoms with Gasteiger partial charge in [-0.3, -0.25) is 4.79 Å². The Bertz CT molecular complexity index is 434. The van der Waals surface area contributed by atoms with E-state index in [4.69, 9.17) is 5.11 Å². The summed E-state index contributed by atoms with van der Waals surface area (Å²) in [6, 6.07) is 6.27. The number of nitrogens with one attached hydrogen (secondary N) is 1. The van der Waals surface area contributed by atoms with E-state index in [1.807, 2.05) is 13.2 Å². The van der Waals surface area contributed by atoms with Crippen molar-refractivity contribution in [1.82, 2.24) is 5.32 Å². The number of aromatic carboxylic acids is 1. The molecule has 0 aliphatic carbocycles. The number of thioether (sulfide) groups is 1. The molecule has 0 radical (unpaired) electrons. The van der Waals surface area contributed by atoms with E-state index in [9.17, 15) is 9.59 Å². The fourth-order valence-corrected chi connectivity index (χ4v) is 2.13. The van der Waals surface area contributed by atoms with Crippen molar-refractivity contribution in [2.75, 3.05) is 12.0 Å². The molecule has 98 valence electrons. The van der Waals surface area contributed by atoms with Gasteiger partial charge in [-0.05, 0) is 37.5 Å². The summed E-state index contributed by atoms with van der Waals surface area (Å²) in [4.78, 5) is 23.0. The quantitative estimate of drug-likeness (QED) is 0.829. The number of hydrogen-bond donors (Lipinski definition) is 2. The average molecular weight is 267 g/mol. The van der Waals surface area contributed by atoms with E-state index in [1.165, 1.54) is 12.1 Å². The molecule has 2 N–H and O–H groups in total. The van der Waals surface area contributed by atoms with Gasteiger partial charge in [0.2, 0.25) is 0 Å². The van der Waals surface area contributed by atoms with Gasteiger partial charge in [-0.1, -0.05) is 12.1 Å². The normalized spacial score (nSPS) is 11.9. The lowest BCUT2D eigenvalue weighted by Crippen LogP contribution is -2.33. The zero-order chi connectivity index (χ0) is 13.5. The molecule has 4 nitrogen and oxygen atoms in total. The fourth-order valence-electron chi connectivity index (χ4n) is 1.54. The first kappa shape index (κ1) is 14.6. The summed E-state index contributed by atoms with van der Waals surface area (Å²) in [6.07, 6.45) is 2.87. The fraction of sp³-hybridized carbons (Fsp3) is 0.385. The summed E-state index contributed by atoms with van der Waals surface area (Å²) in [5, 5.41) is 11.8. The molecule has 1 aromatic rings. The van der Waals surface area contributed by atoms with Crippen LogP contribution in [0.1, 0.15) is 34.1 Å². The van der Waals surface area contributed by atoms with Gasteiger partial charge in [0, 0.05) is 6.04 Å². The summed E-state index contributed by atoms with van der Waals surface area (Å²) in [7, 11) is 0.